The van der Waals surface area contributed by atoms with Crippen molar-refractivity contribution in [3.05, 3.63) is 70.2 Å². The van der Waals surface area contributed by atoms with Crippen LogP contribution < -0.4 is 10.2 Å². The maximum atomic E-state index is 12.7. The minimum absolute atomic E-state index is 0.0180. The molecule has 4 rings (SSSR count). The van der Waals surface area contributed by atoms with E-state index in [0.717, 1.165) is 58.7 Å². The molecule has 0 radical (unpaired) electrons. The van der Waals surface area contributed by atoms with Crippen molar-refractivity contribution in [1.29, 1.82) is 0 Å². The minimum atomic E-state index is 0.0180. The molecule has 1 aliphatic rings. The van der Waals surface area contributed by atoms with Gasteiger partial charge >= 0.3 is 0 Å². The number of carbonyl (C=O) groups is 1. The van der Waals surface area contributed by atoms with Gasteiger partial charge in [-0.15, -0.1) is 10.2 Å². The van der Waals surface area contributed by atoms with E-state index >= 15 is 0 Å². The van der Waals surface area contributed by atoms with Crippen LogP contribution in [0.5, 0.6) is 0 Å². The smallest absolute Gasteiger partial charge is 0.227 e. The van der Waals surface area contributed by atoms with Crippen molar-refractivity contribution in [3.8, 4) is 11.3 Å². The summed E-state index contributed by atoms with van der Waals surface area (Å²) in [4.78, 5) is 14.9. The topological polar surface area (TPSA) is 58.1 Å². The van der Waals surface area contributed by atoms with Crippen LogP contribution in [-0.2, 0) is 4.79 Å². The summed E-state index contributed by atoms with van der Waals surface area (Å²) in [5.41, 5.74) is 5.13. The monoisotopic (exact) mass is 464 g/mol. The summed E-state index contributed by atoms with van der Waals surface area (Å²) < 4.78 is 1.04. The van der Waals surface area contributed by atoms with Crippen LogP contribution >= 0.6 is 15.9 Å². The van der Waals surface area contributed by atoms with E-state index in [4.69, 9.17) is 0 Å². The van der Waals surface area contributed by atoms with Crippen molar-refractivity contribution in [2.24, 2.45) is 5.92 Å². The molecule has 1 fully saturated rings. The highest BCUT2D eigenvalue weighted by molar-refractivity contribution is 9.10. The minimum Gasteiger partial charge on any atom is -0.355 e. The molecule has 6 heteroatoms. The number of nitrogens with zero attached hydrogens (tertiary/aromatic N) is 3. The molecule has 1 amide bonds. The molecule has 0 bridgehead atoms. The number of hydrogen-bond donors (Lipinski definition) is 1. The number of aryl methyl sites for hydroxylation is 2. The van der Waals surface area contributed by atoms with Crippen LogP contribution in [0.3, 0.4) is 0 Å². The van der Waals surface area contributed by atoms with Crippen molar-refractivity contribution >= 4 is 33.3 Å². The van der Waals surface area contributed by atoms with Crippen LogP contribution in [-0.4, -0.2) is 29.2 Å². The zero-order chi connectivity index (χ0) is 21.1. The van der Waals surface area contributed by atoms with Crippen molar-refractivity contribution in [1.82, 2.24) is 10.2 Å². The summed E-state index contributed by atoms with van der Waals surface area (Å²) in [7, 11) is 0. The van der Waals surface area contributed by atoms with Crippen LogP contribution in [0.15, 0.2) is 59.1 Å². The average molecular weight is 465 g/mol. The molecular formula is C24H25BrN4O. The normalized spacial score (nSPS) is 14.6. The second-order valence-corrected chi connectivity index (χ2v) is 8.66. The number of rotatable bonds is 4. The Morgan fingerprint density at radius 3 is 2.43 bits per heavy atom. The number of benzene rings is 2. The molecule has 1 aliphatic heterocycles. The lowest BCUT2D eigenvalue weighted by molar-refractivity contribution is -0.120. The predicted molar refractivity (Wildman–Crippen MR) is 125 cm³/mol. The Kier molecular flexibility index (Phi) is 6.13. The first kappa shape index (κ1) is 20.5. The van der Waals surface area contributed by atoms with E-state index in [1.165, 1.54) is 5.56 Å². The molecule has 154 valence electrons. The molecule has 5 nitrogen and oxygen atoms in total. The van der Waals surface area contributed by atoms with Crippen molar-refractivity contribution < 1.29 is 4.79 Å². The summed E-state index contributed by atoms with van der Waals surface area (Å²) in [5, 5.41) is 11.9. The fourth-order valence-corrected chi connectivity index (χ4v) is 4.08. The molecule has 3 aromatic rings. The van der Waals surface area contributed by atoms with Gasteiger partial charge in [-0.25, -0.2) is 0 Å². The van der Waals surface area contributed by atoms with Crippen LogP contribution in [0.25, 0.3) is 11.3 Å². The van der Waals surface area contributed by atoms with Crippen LogP contribution in [0.1, 0.15) is 24.0 Å². The molecule has 0 spiro atoms. The second-order valence-electron chi connectivity index (χ2n) is 7.81. The van der Waals surface area contributed by atoms with Gasteiger partial charge in [-0.3, -0.25) is 4.79 Å². The Morgan fingerprint density at radius 1 is 1.00 bits per heavy atom. The van der Waals surface area contributed by atoms with E-state index in [-0.39, 0.29) is 11.8 Å². The molecule has 2 aromatic carbocycles. The van der Waals surface area contributed by atoms with Gasteiger partial charge < -0.3 is 10.2 Å². The van der Waals surface area contributed by atoms with Crippen molar-refractivity contribution in [2.75, 3.05) is 23.3 Å². The predicted octanol–water partition coefficient (Wildman–Crippen LogP) is 5.38. The quantitative estimate of drug-likeness (QED) is 0.562. The van der Waals surface area contributed by atoms with Crippen LogP contribution in [0, 0.1) is 19.8 Å². The van der Waals surface area contributed by atoms with Crippen LogP contribution in [0.4, 0.5) is 11.5 Å². The van der Waals surface area contributed by atoms with Gasteiger partial charge in [0.2, 0.25) is 5.91 Å². The van der Waals surface area contributed by atoms with Crippen molar-refractivity contribution in [3.63, 3.8) is 0 Å². The van der Waals surface area contributed by atoms with Gasteiger partial charge in [-0.05, 0) is 68.1 Å². The SMILES string of the molecule is Cc1cc(NC(=O)C2CCN(c3ccc(-c4ccccc4C)nn3)CC2)ccc1Br. The summed E-state index contributed by atoms with van der Waals surface area (Å²) in [5.74, 6) is 0.983. The Labute approximate surface area is 185 Å². The first-order chi connectivity index (χ1) is 14.5. The molecule has 0 aliphatic carbocycles. The summed E-state index contributed by atoms with van der Waals surface area (Å²) in [6, 6.07) is 18.1. The fraction of sp³-hybridized carbons (Fsp3) is 0.292. The lowest BCUT2D eigenvalue weighted by Crippen LogP contribution is -2.38. The van der Waals surface area contributed by atoms with Gasteiger partial charge in [0.25, 0.3) is 0 Å². The van der Waals surface area contributed by atoms with Gasteiger partial charge in [-0.2, -0.15) is 0 Å². The highest BCUT2D eigenvalue weighted by Gasteiger charge is 2.26. The van der Waals surface area contributed by atoms with Gasteiger partial charge in [-0.1, -0.05) is 40.2 Å². The van der Waals surface area contributed by atoms with Gasteiger partial charge in [0.15, 0.2) is 5.82 Å². The van der Waals surface area contributed by atoms with E-state index < -0.39 is 0 Å². The zero-order valence-electron chi connectivity index (χ0n) is 17.2. The number of carbonyl (C=O) groups excluding carboxylic acids is 1. The number of hydrogen-bond acceptors (Lipinski definition) is 4. The van der Waals surface area contributed by atoms with Gasteiger partial charge in [0.1, 0.15) is 0 Å². The first-order valence-corrected chi connectivity index (χ1v) is 11.0. The lowest BCUT2D eigenvalue weighted by Gasteiger charge is -2.31. The molecule has 30 heavy (non-hydrogen) atoms. The number of anilines is 2. The molecule has 0 atom stereocenters. The molecule has 0 unspecified atom stereocenters. The molecule has 1 aromatic heterocycles. The van der Waals surface area contributed by atoms with Crippen molar-refractivity contribution in [2.45, 2.75) is 26.7 Å². The van der Waals surface area contributed by atoms with E-state index in [2.05, 4.69) is 55.4 Å². The molecular weight excluding hydrogens is 440 g/mol. The first-order valence-electron chi connectivity index (χ1n) is 10.2. The summed E-state index contributed by atoms with van der Waals surface area (Å²) >= 11 is 3.49. The molecule has 1 N–H and O–H groups in total. The average Bonchev–Trinajstić information content (AvgIpc) is 2.77. The van der Waals surface area contributed by atoms with Crippen LogP contribution in [0.2, 0.25) is 0 Å². The number of amides is 1. The highest BCUT2D eigenvalue weighted by Crippen LogP contribution is 2.26. The number of halogens is 1. The third kappa shape index (κ3) is 4.54. The maximum absolute atomic E-state index is 12.7. The molecule has 2 heterocycles. The standard InChI is InChI=1S/C24H25BrN4O/c1-16-5-3-4-6-20(16)22-9-10-23(28-27-22)29-13-11-18(12-14-29)24(30)26-19-7-8-21(25)17(2)15-19/h3-10,15,18H,11-14H2,1-2H3,(H,26,30). The second kappa shape index (κ2) is 8.96. The number of piperidine rings is 1. The highest BCUT2D eigenvalue weighted by atomic mass is 79.9. The van der Waals surface area contributed by atoms with Gasteiger partial charge in [0.05, 0.1) is 5.69 Å². The Morgan fingerprint density at radius 2 is 1.77 bits per heavy atom. The zero-order valence-corrected chi connectivity index (χ0v) is 18.8. The lowest BCUT2D eigenvalue weighted by atomic mass is 9.95. The third-order valence-electron chi connectivity index (χ3n) is 5.69. The summed E-state index contributed by atoms with van der Waals surface area (Å²) in [6.45, 7) is 5.70. The maximum Gasteiger partial charge on any atom is 0.227 e. The van der Waals surface area contributed by atoms with E-state index in [1.807, 2.05) is 49.4 Å². The summed E-state index contributed by atoms with van der Waals surface area (Å²) in [6.07, 6.45) is 1.62. The Bertz CT molecular complexity index is 1040. The number of nitrogens with one attached hydrogen (secondary N) is 1. The van der Waals surface area contributed by atoms with E-state index in [9.17, 15) is 4.79 Å². The van der Waals surface area contributed by atoms with E-state index in [1.54, 1.807) is 0 Å². The third-order valence-corrected chi connectivity index (χ3v) is 6.58. The van der Waals surface area contributed by atoms with E-state index in [0.29, 0.717) is 0 Å². The largest absolute Gasteiger partial charge is 0.355 e. The van der Waals surface area contributed by atoms with Gasteiger partial charge in [0, 0.05) is 34.7 Å². The Hall–Kier alpha value is -2.73. The molecule has 1 saturated heterocycles. The fourth-order valence-electron chi connectivity index (χ4n) is 3.84. The Balaban J connectivity index is 1.35. The number of aromatic nitrogens is 2. The molecule has 0 saturated carbocycles.